The maximum Gasteiger partial charge on any atom is 0.345 e. The number of nitro benzene ring substituents is 1. The molecule has 1 N–H and O–H groups in total. The molecule has 3 rings (SSSR count). The lowest BCUT2D eigenvalue weighted by molar-refractivity contribution is -0.385. The SMILES string of the molecule is CCOc1cc(C(=O)OCc2nc3c(C)cccc3c(=O)[nH]2)c([N+](=O)[O-])cc1OC. The lowest BCUT2D eigenvalue weighted by Crippen LogP contribution is -2.15. The molecule has 0 radical (unpaired) electrons. The molecule has 3 aromatic rings. The zero-order valence-corrected chi connectivity index (χ0v) is 16.6. The predicted molar refractivity (Wildman–Crippen MR) is 107 cm³/mol. The van der Waals surface area contributed by atoms with Gasteiger partial charge in [0.25, 0.3) is 11.2 Å². The quantitative estimate of drug-likeness (QED) is 0.355. The van der Waals surface area contributed by atoms with Crippen LogP contribution in [0.2, 0.25) is 0 Å². The Morgan fingerprint density at radius 3 is 2.70 bits per heavy atom. The zero-order valence-electron chi connectivity index (χ0n) is 16.6. The summed E-state index contributed by atoms with van der Waals surface area (Å²) in [6.45, 7) is 3.43. The monoisotopic (exact) mass is 413 g/mol. The predicted octanol–water partition coefficient (Wildman–Crippen LogP) is 2.90. The molecule has 0 spiro atoms. The number of aromatic nitrogens is 2. The molecule has 0 unspecified atom stereocenters. The molecule has 0 atom stereocenters. The van der Waals surface area contributed by atoms with E-state index in [1.165, 1.54) is 13.2 Å². The van der Waals surface area contributed by atoms with E-state index in [9.17, 15) is 19.7 Å². The van der Waals surface area contributed by atoms with E-state index in [1.807, 2.05) is 0 Å². The van der Waals surface area contributed by atoms with E-state index in [2.05, 4.69) is 9.97 Å². The van der Waals surface area contributed by atoms with Crippen LogP contribution >= 0.6 is 0 Å². The Bertz CT molecular complexity index is 1190. The number of H-pyrrole nitrogens is 1. The number of hydrogen-bond donors (Lipinski definition) is 1. The average molecular weight is 413 g/mol. The molecule has 0 bridgehead atoms. The highest BCUT2D eigenvalue weighted by Crippen LogP contribution is 2.35. The van der Waals surface area contributed by atoms with Crippen molar-refractivity contribution in [2.75, 3.05) is 13.7 Å². The second kappa shape index (κ2) is 8.60. The minimum absolute atomic E-state index is 0.121. The van der Waals surface area contributed by atoms with Crippen LogP contribution in [0.25, 0.3) is 10.9 Å². The van der Waals surface area contributed by atoms with Crippen molar-refractivity contribution in [3.63, 3.8) is 0 Å². The van der Waals surface area contributed by atoms with Crippen LogP contribution < -0.4 is 15.0 Å². The Kier molecular flexibility index (Phi) is 5.95. The standard InChI is InChI=1S/C20H19N3O7/c1-4-29-16-8-13(14(23(26)27)9-15(16)28-3)20(25)30-10-17-21-18-11(2)6-5-7-12(18)19(24)22-17/h5-9H,4,10H2,1-3H3,(H,21,22,24). The van der Waals surface area contributed by atoms with Crippen LogP contribution in [0.5, 0.6) is 11.5 Å². The number of carbonyl (C=O) groups excluding carboxylic acids is 1. The molecule has 0 aliphatic heterocycles. The van der Waals surface area contributed by atoms with Gasteiger partial charge in [-0.25, -0.2) is 9.78 Å². The van der Waals surface area contributed by atoms with Crippen LogP contribution in [0.15, 0.2) is 35.1 Å². The summed E-state index contributed by atoms with van der Waals surface area (Å²) >= 11 is 0. The van der Waals surface area contributed by atoms with Crippen molar-refractivity contribution >= 4 is 22.6 Å². The number of methoxy groups -OCH3 is 1. The number of nitro groups is 1. The Labute approximate surface area is 170 Å². The number of hydrogen-bond acceptors (Lipinski definition) is 8. The molecule has 0 saturated heterocycles. The van der Waals surface area contributed by atoms with Gasteiger partial charge in [0.1, 0.15) is 18.0 Å². The third-order valence-electron chi connectivity index (χ3n) is 4.33. The molecule has 1 aromatic heterocycles. The largest absolute Gasteiger partial charge is 0.493 e. The molecule has 156 valence electrons. The zero-order chi connectivity index (χ0) is 21.8. The first kappa shape index (κ1) is 20.8. The second-order valence-corrected chi connectivity index (χ2v) is 6.27. The van der Waals surface area contributed by atoms with Gasteiger partial charge in [-0.3, -0.25) is 14.9 Å². The number of ether oxygens (including phenoxy) is 3. The number of para-hydroxylation sites is 1. The van der Waals surface area contributed by atoms with Crippen molar-refractivity contribution in [1.82, 2.24) is 9.97 Å². The number of rotatable bonds is 7. The van der Waals surface area contributed by atoms with Crippen LogP contribution in [0.3, 0.4) is 0 Å². The minimum Gasteiger partial charge on any atom is -0.493 e. The molecule has 10 heteroatoms. The number of fused-ring (bicyclic) bond motifs is 1. The highest BCUT2D eigenvalue weighted by Gasteiger charge is 2.26. The summed E-state index contributed by atoms with van der Waals surface area (Å²) in [5.74, 6) is -0.546. The molecule has 0 amide bonds. The van der Waals surface area contributed by atoms with Crippen molar-refractivity contribution < 1.29 is 23.9 Å². The van der Waals surface area contributed by atoms with Gasteiger partial charge in [-0.1, -0.05) is 12.1 Å². The number of aromatic amines is 1. The van der Waals surface area contributed by atoms with Crippen molar-refractivity contribution in [3.05, 3.63) is 67.8 Å². The van der Waals surface area contributed by atoms with Crippen molar-refractivity contribution in [3.8, 4) is 11.5 Å². The molecule has 1 heterocycles. The second-order valence-electron chi connectivity index (χ2n) is 6.27. The Morgan fingerprint density at radius 1 is 1.27 bits per heavy atom. The molecule has 10 nitrogen and oxygen atoms in total. The van der Waals surface area contributed by atoms with Gasteiger partial charge in [-0.05, 0) is 25.5 Å². The third kappa shape index (κ3) is 4.07. The van der Waals surface area contributed by atoms with Crippen LogP contribution in [-0.2, 0) is 11.3 Å². The molecule has 30 heavy (non-hydrogen) atoms. The van der Waals surface area contributed by atoms with E-state index < -0.39 is 16.6 Å². The third-order valence-corrected chi connectivity index (χ3v) is 4.33. The van der Waals surface area contributed by atoms with Gasteiger partial charge in [0.2, 0.25) is 0 Å². The highest BCUT2D eigenvalue weighted by molar-refractivity contribution is 5.95. The maximum atomic E-state index is 12.6. The van der Waals surface area contributed by atoms with Crippen molar-refractivity contribution in [2.45, 2.75) is 20.5 Å². The number of esters is 1. The van der Waals surface area contributed by atoms with E-state index >= 15 is 0 Å². The van der Waals surface area contributed by atoms with Crippen LogP contribution in [0.1, 0.15) is 28.7 Å². The first-order chi connectivity index (χ1) is 14.3. The van der Waals surface area contributed by atoms with E-state index in [-0.39, 0.29) is 41.7 Å². The molecular formula is C20H19N3O7. The van der Waals surface area contributed by atoms with Gasteiger partial charge in [0.15, 0.2) is 11.5 Å². The van der Waals surface area contributed by atoms with Crippen LogP contribution in [0, 0.1) is 17.0 Å². The van der Waals surface area contributed by atoms with Gasteiger partial charge in [0.05, 0.1) is 35.6 Å². The van der Waals surface area contributed by atoms with Gasteiger partial charge in [-0.15, -0.1) is 0 Å². The summed E-state index contributed by atoms with van der Waals surface area (Å²) in [6.07, 6.45) is 0. The normalized spacial score (nSPS) is 10.6. The maximum absolute atomic E-state index is 12.6. The molecule has 0 fully saturated rings. The van der Waals surface area contributed by atoms with Crippen molar-refractivity contribution in [1.29, 1.82) is 0 Å². The van der Waals surface area contributed by atoms with E-state index in [1.54, 1.807) is 32.0 Å². The summed E-state index contributed by atoms with van der Waals surface area (Å²) in [7, 11) is 1.34. The summed E-state index contributed by atoms with van der Waals surface area (Å²) < 4.78 is 15.6. The average Bonchev–Trinajstić information content (AvgIpc) is 2.72. The minimum atomic E-state index is -0.960. The Morgan fingerprint density at radius 2 is 2.03 bits per heavy atom. The smallest absolute Gasteiger partial charge is 0.345 e. The number of carbonyl (C=O) groups is 1. The fraction of sp³-hybridized carbons (Fsp3) is 0.250. The summed E-state index contributed by atoms with van der Waals surface area (Å²) in [6, 6.07) is 7.48. The molecule has 2 aromatic carbocycles. The molecule has 0 aliphatic rings. The Hall–Kier alpha value is -3.95. The van der Waals surface area contributed by atoms with Crippen molar-refractivity contribution in [2.24, 2.45) is 0 Å². The fourth-order valence-electron chi connectivity index (χ4n) is 2.92. The van der Waals surface area contributed by atoms with Crippen LogP contribution in [0.4, 0.5) is 5.69 Å². The van der Waals surface area contributed by atoms with Gasteiger partial charge in [-0.2, -0.15) is 0 Å². The number of nitrogens with one attached hydrogen (secondary N) is 1. The fourth-order valence-corrected chi connectivity index (χ4v) is 2.92. The van der Waals surface area contributed by atoms with Gasteiger partial charge >= 0.3 is 5.97 Å². The first-order valence-electron chi connectivity index (χ1n) is 9.00. The summed E-state index contributed by atoms with van der Waals surface area (Å²) in [5.41, 5.74) is 0.114. The number of benzene rings is 2. The number of aryl methyl sites for hydroxylation is 1. The number of nitrogens with zero attached hydrogens (tertiary/aromatic N) is 2. The van der Waals surface area contributed by atoms with E-state index in [0.29, 0.717) is 10.9 Å². The summed E-state index contributed by atoms with van der Waals surface area (Å²) in [5, 5.41) is 11.8. The van der Waals surface area contributed by atoms with Gasteiger partial charge in [0, 0.05) is 6.07 Å². The topological polar surface area (TPSA) is 134 Å². The Balaban J connectivity index is 1.92. The van der Waals surface area contributed by atoms with Gasteiger partial charge < -0.3 is 19.2 Å². The highest BCUT2D eigenvalue weighted by atomic mass is 16.6. The summed E-state index contributed by atoms with van der Waals surface area (Å²) in [4.78, 5) is 42.4. The van der Waals surface area contributed by atoms with Crippen LogP contribution in [-0.4, -0.2) is 34.6 Å². The lowest BCUT2D eigenvalue weighted by atomic mass is 10.1. The van der Waals surface area contributed by atoms with E-state index in [0.717, 1.165) is 11.6 Å². The molecule has 0 aliphatic carbocycles. The first-order valence-corrected chi connectivity index (χ1v) is 9.00. The molecular weight excluding hydrogens is 394 g/mol. The lowest BCUT2D eigenvalue weighted by Gasteiger charge is -2.12. The molecule has 0 saturated carbocycles. The van der Waals surface area contributed by atoms with E-state index in [4.69, 9.17) is 14.2 Å².